The Kier molecular flexibility index (Phi) is 4.59. The van der Waals surface area contributed by atoms with Gasteiger partial charge in [-0.1, -0.05) is 43.7 Å². The van der Waals surface area contributed by atoms with Gasteiger partial charge in [-0.25, -0.2) is 0 Å². The number of carbonyl (C=O) groups excluding carboxylic acids is 2. The standard InChI is InChI=1S/C20H27N3O3/c1-2-3-9-22-18(25)17-10-16(24)12-23(17)20(19(22)26)13-21(14-20)11-15-7-5-4-6-8-15/h4-8,16-17,24H,2-3,9-14H2,1H3. The first kappa shape index (κ1) is 17.6. The highest BCUT2D eigenvalue weighted by atomic mass is 16.3. The van der Waals surface area contributed by atoms with E-state index in [1.807, 2.05) is 23.1 Å². The van der Waals surface area contributed by atoms with Crippen LogP contribution in [0.5, 0.6) is 0 Å². The van der Waals surface area contributed by atoms with Crippen molar-refractivity contribution in [1.29, 1.82) is 0 Å². The number of aliphatic hydroxyl groups is 1. The number of hydrogen-bond donors (Lipinski definition) is 1. The molecule has 26 heavy (non-hydrogen) atoms. The maximum Gasteiger partial charge on any atom is 0.252 e. The molecule has 2 amide bonds. The number of hydrogen-bond acceptors (Lipinski definition) is 5. The van der Waals surface area contributed by atoms with Crippen molar-refractivity contribution >= 4 is 11.8 Å². The van der Waals surface area contributed by atoms with Gasteiger partial charge in [0.25, 0.3) is 5.91 Å². The first-order valence-corrected chi connectivity index (χ1v) is 9.62. The van der Waals surface area contributed by atoms with Gasteiger partial charge in [-0.3, -0.25) is 24.3 Å². The van der Waals surface area contributed by atoms with E-state index in [0.717, 1.165) is 19.4 Å². The predicted molar refractivity (Wildman–Crippen MR) is 97.2 cm³/mol. The van der Waals surface area contributed by atoms with Crippen LogP contribution in [0.15, 0.2) is 30.3 Å². The smallest absolute Gasteiger partial charge is 0.252 e. The Morgan fingerprint density at radius 1 is 1.19 bits per heavy atom. The molecule has 3 aliphatic heterocycles. The van der Waals surface area contributed by atoms with Crippen LogP contribution in [0.1, 0.15) is 31.7 Å². The Hall–Kier alpha value is -1.76. The molecule has 3 heterocycles. The van der Waals surface area contributed by atoms with E-state index < -0.39 is 11.6 Å². The summed E-state index contributed by atoms with van der Waals surface area (Å²) in [6.45, 7) is 5.03. The summed E-state index contributed by atoms with van der Waals surface area (Å²) < 4.78 is 0. The Morgan fingerprint density at radius 3 is 2.62 bits per heavy atom. The molecule has 140 valence electrons. The number of β-amino-alcohol motifs (C(OH)–C–C–N with tert-alkyl or cyclic N) is 1. The molecular formula is C20H27N3O3. The van der Waals surface area contributed by atoms with Crippen LogP contribution in [0, 0.1) is 0 Å². The van der Waals surface area contributed by atoms with Crippen LogP contribution in [-0.2, 0) is 16.1 Å². The van der Waals surface area contributed by atoms with E-state index in [-0.39, 0.29) is 17.9 Å². The molecule has 0 saturated carbocycles. The fourth-order valence-electron chi connectivity index (χ4n) is 4.67. The van der Waals surface area contributed by atoms with Crippen molar-refractivity contribution in [3.8, 4) is 0 Å². The van der Waals surface area contributed by atoms with Gasteiger partial charge >= 0.3 is 0 Å². The summed E-state index contributed by atoms with van der Waals surface area (Å²) in [7, 11) is 0. The molecule has 1 aromatic rings. The van der Waals surface area contributed by atoms with E-state index in [2.05, 4.69) is 24.0 Å². The SMILES string of the molecule is CCCCN1C(=O)C2CC(O)CN2C2(CN(Cc3ccccc3)C2)C1=O. The highest BCUT2D eigenvalue weighted by Gasteiger charge is 2.63. The van der Waals surface area contributed by atoms with Gasteiger partial charge in [0.15, 0.2) is 0 Å². The number of carbonyl (C=O) groups is 2. The summed E-state index contributed by atoms with van der Waals surface area (Å²) in [6, 6.07) is 9.88. The van der Waals surface area contributed by atoms with Crippen LogP contribution >= 0.6 is 0 Å². The molecule has 3 fully saturated rings. The lowest BCUT2D eigenvalue weighted by Gasteiger charge is -2.58. The number of rotatable bonds is 5. The molecule has 0 radical (unpaired) electrons. The molecule has 0 bridgehead atoms. The minimum Gasteiger partial charge on any atom is -0.392 e. The van der Waals surface area contributed by atoms with Crippen molar-refractivity contribution in [1.82, 2.24) is 14.7 Å². The second kappa shape index (κ2) is 6.76. The van der Waals surface area contributed by atoms with Crippen LogP contribution in [0.25, 0.3) is 0 Å². The lowest BCUT2D eigenvalue weighted by Crippen LogP contribution is -2.81. The van der Waals surface area contributed by atoms with Gasteiger partial charge < -0.3 is 5.11 Å². The van der Waals surface area contributed by atoms with E-state index in [1.54, 1.807) is 0 Å². The van der Waals surface area contributed by atoms with Crippen LogP contribution < -0.4 is 0 Å². The lowest BCUT2D eigenvalue weighted by atomic mass is 9.82. The van der Waals surface area contributed by atoms with Crippen LogP contribution in [0.3, 0.4) is 0 Å². The summed E-state index contributed by atoms with van der Waals surface area (Å²) in [5.74, 6) is -0.183. The minimum absolute atomic E-state index is 0.0642. The Labute approximate surface area is 154 Å². The quantitative estimate of drug-likeness (QED) is 0.792. The molecule has 0 aromatic heterocycles. The second-order valence-corrected chi connectivity index (χ2v) is 7.87. The van der Waals surface area contributed by atoms with E-state index >= 15 is 0 Å². The molecule has 1 N–H and O–H groups in total. The highest BCUT2D eigenvalue weighted by molar-refractivity contribution is 6.06. The molecular weight excluding hydrogens is 330 g/mol. The lowest BCUT2D eigenvalue weighted by molar-refractivity contribution is -0.180. The molecule has 0 aliphatic carbocycles. The van der Waals surface area contributed by atoms with Gasteiger partial charge in [-0.2, -0.15) is 0 Å². The van der Waals surface area contributed by atoms with E-state index in [0.29, 0.717) is 32.6 Å². The first-order valence-electron chi connectivity index (χ1n) is 9.62. The molecule has 6 nitrogen and oxygen atoms in total. The third-order valence-corrected chi connectivity index (χ3v) is 5.98. The number of amides is 2. The van der Waals surface area contributed by atoms with E-state index in [1.165, 1.54) is 10.5 Å². The average molecular weight is 357 g/mol. The van der Waals surface area contributed by atoms with E-state index in [4.69, 9.17) is 0 Å². The normalized spacial score (nSPS) is 28.5. The first-order chi connectivity index (χ1) is 12.5. The Morgan fingerprint density at radius 2 is 1.92 bits per heavy atom. The third-order valence-electron chi connectivity index (χ3n) is 5.98. The number of likely N-dealkylation sites (tertiary alicyclic amines) is 1. The summed E-state index contributed by atoms with van der Waals surface area (Å²) in [5.41, 5.74) is 0.584. The Bertz CT molecular complexity index is 687. The van der Waals surface area contributed by atoms with Crippen LogP contribution in [0.2, 0.25) is 0 Å². The van der Waals surface area contributed by atoms with Gasteiger partial charge in [0.05, 0.1) is 12.1 Å². The van der Waals surface area contributed by atoms with Crippen LogP contribution in [-0.4, -0.2) is 75.5 Å². The number of imide groups is 1. The molecule has 2 atom stereocenters. The minimum atomic E-state index is -0.640. The number of fused-ring (bicyclic) bond motifs is 2. The van der Waals surface area contributed by atoms with Gasteiger partial charge in [-0.15, -0.1) is 0 Å². The number of benzene rings is 1. The topological polar surface area (TPSA) is 64.1 Å². The van der Waals surface area contributed by atoms with Crippen molar-refractivity contribution in [3.05, 3.63) is 35.9 Å². The zero-order valence-electron chi connectivity index (χ0n) is 15.3. The van der Waals surface area contributed by atoms with Crippen molar-refractivity contribution in [2.75, 3.05) is 26.2 Å². The summed E-state index contributed by atoms with van der Waals surface area (Å²) in [5, 5.41) is 10.1. The fourth-order valence-corrected chi connectivity index (χ4v) is 4.67. The number of aliphatic hydroxyl groups excluding tert-OH is 1. The van der Waals surface area contributed by atoms with Gasteiger partial charge in [0.2, 0.25) is 5.91 Å². The maximum atomic E-state index is 13.2. The van der Waals surface area contributed by atoms with Crippen molar-refractivity contribution in [2.45, 2.75) is 50.4 Å². The van der Waals surface area contributed by atoms with Crippen molar-refractivity contribution < 1.29 is 14.7 Å². The predicted octanol–water partition coefficient (Wildman–Crippen LogP) is 0.845. The van der Waals surface area contributed by atoms with Gasteiger partial charge in [0.1, 0.15) is 5.54 Å². The van der Waals surface area contributed by atoms with Gasteiger partial charge in [-0.05, 0) is 18.4 Å². The van der Waals surface area contributed by atoms with Crippen molar-refractivity contribution in [3.63, 3.8) is 0 Å². The molecule has 2 unspecified atom stereocenters. The number of unbranched alkanes of at least 4 members (excludes halogenated alkanes) is 1. The number of piperazine rings is 1. The molecule has 3 saturated heterocycles. The molecule has 1 aromatic carbocycles. The molecule has 6 heteroatoms. The highest BCUT2D eigenvalue weighted by Crippen LogP contribution is 2.40. The van der Waals surface area contributed by atoms with Crippen LogP contribution in [0.4, 0.5) is 0 Å². The molecule has 3 aliphatic rings. The van der Waals surface area contributed by atoms with E-state index in [9.17, 15) is 14.7 Å². The zero-order chi connectivity index (χ0) is 18.3. The monoisotopic (exact) mass is 357 g/mol. The zero-order valence-corrected chi connectivity index (χ0v) is 15.3. The molecule has 1 spiro atoms. The maximum absolute atomic E-state index is 13.2. The average Bonchev–Trinajstić information content (AvgIpc) is 3.00. The summed E-state index contributed by atoms with van der Waals surface area (Å²) in [4.78, 5) is 31.8. The molecule has 4 rings (SSSR count). The van der Waals surface area contributed by atoms with Gasteiger partial charge in [0, 0.05) is 32.7 Å². The number of nitrogens with zero attached hydrogens (tertiary/aromatic N) is 3. The summed E-state index contributed by atoms with van der Waals surface area (Å²) in [6.07, 6.45) is 1.69. The second-order valence-electron chi connectivity index (χ2n) is 7.87. The largest absolute Gasteiger partial charge is 0.392 e. The van der Waals surface area contributed by atoms with Crippen molar-refractivity contribution in [2.24, 2.45) is 0 Å². The summed E-state index contributed by atoms with van der Waals surface area (Å²) >= 11 is 0. The third kappa shape index (κ3) is 2.76. The Balaban J connectivity index is 1.54. The fraction of sp³-hybridized carbons (Fsp3) is 0.600.